The van der Waals surface area contributed by atoms with Gasteiger partial charge >= 0.3 is 24.1 Å². The summed E-state index contributed by atoms with van der Waals surface area (Å²) in [5, 5.41) is 27.8. The van der Waals surface area contributed by atoms with Crippen LogP contribution in [0.3, 0.4) is 0 Å². The molecule has 2 fully saturated rings. The number of esters is 2. The molecule has 0 aromatic carbocycles. The van der Waals surface area contributed by atoms with Gasteiger partial charge in [-0.3, -0.25) is 9.59 Å². The second-order valence-electron chi connectivity index (χ2n) is 19.4. The third-order valence-corrected chi connectivity index (χ3v) is 11.8. The Labute approximate surface area is 397 Å². The Balaban J connectivity index is 0.000000244. The van der Waals surface area contributed by atoms with Crippen molar-refractivity contribution in [2.75, 3.05) is 33.2 Å². The van der Waals surface area contributed by atoms with Crippen molar-refractivity contribution < 1.29 is 48.3 Å². The molecule has 4 aromatic heterocycles. The number of rotatable bonds is 8. The van der Waals surface area contributed by atoms with Crippen molar-refractivity contribution in [1.29, 1.82) is 0 Å². The molecule has 0 unspecified atom stereocenters. The number of hydrogen-bond donors (Lipinski definition) is 3. The smallest absolute Gasteiger partial charge is 0.435 e. The van der Waals surface area contributed by atoms with Gasteiger partial charge in [0.05, 0.1) is 50.4 Å². The van der Waals surface area contributed by atoms with Gasteiger partial charge in [-0.25, -0.2) is 29.5 Å². The van der Waals surface area contributed by atoms with Gasteiger partial charge in [-0.15, -0.1) is 5.10 Å². The van der Waals surface area contributed by atoms with Crippen molar-refractivity contribution in [2.24, 2.45) is 10.8 Å². The minimum atomic E-state index is -0.817. The first-order valence-electron chi connectivity index (χ1n) is 22.3. The van der Waals surface area contributed by atoms with Crippen LogP contribution in [0.25, 0.3) is 0 Å². The van der Waals surface area contributed by atoms with Gasteiger partial charge in [-0.2, -0.15) is 14.5 Å². The number of aromatic nitrogens is 8. The van der Waals surface area contributed by atoms with Crippen molar-refractivity contribution in [3.63, 3.8) is 0 Å². The second kappa shape index (κ2) is 22.5. The molecule has 4 N–H and O–H groups in total. The van der Waals surface area contributed by atoms with E-state index in [1.807, 2.05) is 52.8 Å². The molecule has 0 spiro atoms. The lowest BCUT2D eigenvalue weighted by Gasteiger charge is -2.36. The highest BCUT2D eigenvalue weighted by atomic mass is 35.5. The zero-order chi connectivity index (χ0) is 50.1. The standard InChI is InChI=1S/C24H34N4O5.C14H19ClN2O3.C9H15N3O2/c1-15-11-19(17-7-9-24(14-29,10-8-17)21(30)32-6)26-20(25-15)13-18-12-16(2)28(27-18)22(31)33-23(3,4)5;1-9-7-11(17-13(15)16-9)10-3-5-14(8-18,6-4-10)12(19)20-2;1-6-5-7(10)11-12(6)8(13)14-9(2,3)4/h11-12,17,29H,7-10,13-14H2,1-6H3;7,10,18H,3-6,8H2,1-2H3;5H,1-4H3,(H2,10,11). The van der Waals surface area contributed by atoms with Gasteiger partial charge in [0, 0.05) is 52.1 Å². The first kappa shape index (κ1) is 54.1. The number of anilines is 1. The number of nitrogens with two attached hydrogens (primary N) is 1. The average Bonchev–Trinajstić information content (AvgIpc) is 3.80. The van der Waals surface area contributed by atoms with Crippen LogP contribution in [-0.2, 0) is 35.0 Å². The number of ether oxygens (including phenoxy) is 4. The largest absolute Gasteiger partial charge is 0.469 e. The number of halogens is 1. The van der Waals surface area contributed by atoms with Crippen LogP contribution < -0.4 is 5.73 Å². The molecular weight excluding hydrogens is 886 g/mol. The van der Waals surface area contributed by atoms with Crippen LogP contribution in [0.2, 0.25) is 5.28 Å². The first-order chi connectivity index (χ1) is 31.3. The molecule has 0 aliphatic heterocycles. The molecule has 2 saturated carbocycles. The maximum Gasteiger partial charge on any atom is 0.435 e. The minimum Gasteiger partial charge on any atom is -0.469 e. The third kappa shape index (κ3) is 14.7. The fourth-order valence-electron chi connectivity index (χ4n) is 8.19. The lowest BCUT2D eigenvalue weighted by molar-refractivity contribution is -0.159. The van der Waals surface area contributed by atoms with Crippen molar-refractivity contribution in [3.8, 4) is 0 Å². The number of nitrogen functional groups attached to an aromatic ring is 1. The van der Waals surface area contributed by atoms with Gasteiger partial charge in [-0.1, -0.05) is 0 Å². The molecule has 6 rings (SSSR count). The monoisotopic (exact) mass is 953 g/mol. The molecule has 368 valence electrons. The van der Waals surface area contributed by atoms with Gasteiger partial charge in [-0.05, 0) is 150 Å². The fourth-order valence-corrected chi connectivity index (χ4v) is 8.42. The number of carbonyl (C=O) groups is 4. The van der Waals surface area contributed by atoms with Crippen molar-refractivity contribution in [2.45, 2.75) is 150 Å². The van der Waals surface area contributed by atoms with Crippen LogP contribution in [0, 0.1) is 38.5 Å². The Morgan fingerprint density at radius 3 is 1.48 bits per heavy atom. The van der Waals surface area contributed by atoms with E-state index in [4.69, 9.17) is 41.3 Å². The van der Waals surface area contributed by atoms with Gasteiger partial charge in [0.25, 0.3) is 0 Å². The molecule has 4 heterocycles. The highest BCUT2D eigenvalue weighted by molar-refractivity contribution is 6.28. The Kier molecular flexibility index (Phi) is 18.2. The van der Waals surface area contributed by atoms with E-state index in [9.17, 15) is 29.4 Å². The predicted molar refractivity (Wildman–Crippen MR) is 248 cm³/mol. The highest BCUT2D eigenvalue weighted by Crippen LogP contribution is 2.44. The van der Waals surface area contributed by atoms with Crippen LogP contribution in [0.5, 0.6) is 0 Å². The number of hydrogen-bond acceptors (Lipinski definition) is 17. The molecule has 2 aliphatic carbocycles. The number of aliphatic hydroxyl groups is 2. The van der Waals surface area contributed by atoms with Crippen LogP contribution in [0.15, 0.2) is 24.3 Å². The zero-order valence-corrected chi connectivity index (χ0v) is 41.7. The van der Waals surface area contributed by atoms with E-state index >= 15 is 0 Å². The first-order valence-corrected chi connectivity index (χ1v) is 22.7. The minimum absolute atomic E-state index is 0.171. The van der Waals surface area contributed by atoms with E-state index in [1.165, 1.54) is 18.9 Å². The summed E-state index contributed by atoms with van der Waals surface area (Å²) in [6, 6.07) is 7.36. The van der Waals surface area contributed by atoms with Gasteiger partial charge < -0.3 is 34.9 Å². The maximum absolute atomic E-state index is 12.4. The second-order valence-corrected chi connectivity index (χ2v) is 19.7. The van der Waals surface area contributed by atoms with Crippen LogP contribution in [-0.4, -0.2) is 112 Å². The van der Waals surface area contributed by atoms with Crippen LogP contribution in [0.1, 0.15) is 150 Å². The molecule has 0 saturated heterocycles. The Morgan fingerprint density at radius 2 is 1.09 bits per heavy atom. The van der Waals surface area contributed by atoms with E-state index in [1.54, 1.807) is 40.7 Å². The third-order valence-electron chi connectivity index (χ3n) is 11.6. The lowest BCUT2D eigenvalue weighted by atomic mass is 9.70. The summed E-state index contributed by atoms with van der Waals surface area (Å²) in [5.74, 6) is 0.697. The summed E-state index contributed by atoms with van der Waals surface area (Å²) in [6.07, 6.45) is 4.70. The van der Waals surface area contributed by atoms with Gasteiger partial charge in [0.1, 0.15) is 22.8 Å². The number of nitrogens with zero attached hydrogens (tertiary/aromatic N) is 8. The van der Waals surface area contributed by atoms with E-state index in [2.05, 4.69) is 25.1 Å². The summed E-state index contributed by atoms with van der Waals surface area (Å²) in [5.41, 5.74) is 8.31. The summed E-state index contributed by atoms with van der Waals surface area (Å²) in [7, 11) is 2.72. The van der Waals surface area contributed by atoms with Crippen LogP contribution in [0.4, 0.5) is 15.4 Å². The van der Waals surface area contributed by atoms with Gasteiger partial charge in [0.2, 0.25) is 5.28 Å². The molecule has 0 amide bonds. The van der Waals surface area contributed by atoms with E-state index in [-0.39, 0.29) is 42.3 Å². The number of aliphatic hydroxyl groups excluding tert-OH is 2. The van der Waals surface area contributed by atoms with E-state index in [0.29, 0.717) is 60.8 Å². The SMILES string of the molecule is COC(=O)C1(CO)CCC(c2cc(C)nc(Cc3cc(C)n(C(=O)OC(C)(C)C)n3)n2)CC1.COC(=O)C1(CO)CCC(c2cc(C)nc(Cl)n2)CC1.Cc1cc(N)nn1C(=O)OC(C)(C)C. The zero-order valence-electron chi connectivity index (χ0n) is 40.9. The molecule has 19 nitrogen and oxygen atoms in total. The number of aryl methyl sites for hydroxylation is 4. The summed E-state index contributed by atoms with van der Waals surface area (Å²) >= 11 is 5.89. The maximum atomic E-state index is 12.4. The number of methoxy groups -OCH3 is 2. The lowest BCUT2D eigenvalue weighted by Crippen LogP contribution is -2.39. The molecule has 20 heteroatoms. The predicted octanol–water partition coefficient (Wildman–Crippen LogP) is 7.28. The van der Waals surface area contributed by atoms with Crippen molar-refractivity contribution in [3.05, 3.63) is 75.2 Å². The molecule has 0 radical (unpaired) electrons. The molecule has 4 aromatic rings. The fraction of sp³-hybridized carbons (Fsp3) is 0.617. The quantitative estimate of drug-likeness (QED) is 0.0890. The molecular formula is C47H68ClN9O10. The molecule has 0 bridgehead atoms. The normalized spacial score (nSPS) is 20.6. The average molecular weight is 955 g/mol. The Bertz CT molecular complexity index is 2330. The van der Waals surface area contributed by atoms with Gasteiger partial charge in [0.15, 0.2) is 0 Å². The Hall–Kier alpha value is -5.53. The summed E-state index contributed by atoms with van der Waals surface area (Å²) in [6.45, 7) is 17.8. The van der Waals surface area contributed by atoms with Crippen molar-refractivity contribution in [1.82, 2.24) is 39.5 Å². The van der Waals surface area contributed by atoms with E-state index in [0.717, 1.165) is 53.1 Å². The van der Waals surface area contributed by atoms with Crippen molar-refractivity contribution >= 4 is 41.5 Å². The molecule has 67 heavy (non-hydrogen) atoms. The molecule has 2 aliphatic rings. The summed E-state index contributed by atoms with van der Waals surface area (Å²) < 4.78 is 22.7. The highest BCUT2D eigenvalue weighted by Gasteiger charge is 2.44. The number of carbonyl (C=O) groups excluding carboxylic acids is 4. The topological polar surface area (TPSA) is 259 Å². The summed E-state index contributed by atoms with van der Waals surface area (Å²) in [4.78, 5) is 65.6. The Morgan fingerprint density at radius 1 is 0.672 bits per heavy atom. The van der Waals surface area contributed by atoms with Crippen LogP contribution >= 0.6 is 11.6 Å². The molecule has 0 atom stereocenters. The van der Waals surface area contributed by atoms with E-state index < -0.39 is 34.2 Å².